The summed E-state index contributed by atoms with van der Waals surface area (Å²) in [6.45, 7) is 21.3. The summed E-state index contributed by atoms with van der Waals surface area (Å²) in [5.41, 5.74) is 0.697. The summed E-state index contributed by atoms with van der Waals surface area (Å²) in [5, 5.41) is 10.0. The lowest BCUT2D eigenvalue weighted by molar-refractivity contribution is -0.130. The van der Waals surface area contributed by atoms with Crippen LogP contribution in [0.5, 0.6) is 0 Å². The van der Waals surface area contributed by atoms with Crippen molar-refractivity contribution in [3.8, 4) is 0 Å². The van der Waals surface area contributed by atoms with Gasteiger partial charge in [-0.2, -0.15) is 0 Å². The normalized spacial score (nSPS) is 39.8. The standard InChI is InChI=1S/C27H48O2.3C2H6/c1-25(2,28)15-7-6-8-19-10-12-23-22-11-9-20-18-21(29-5)13-16-27(20,4)24(22)14-17-26(19,23)3;3*1-2/h19-24,28H,6-18H2,1-5H3;3*1-2H3. The Morgan fingerprint density at radius 1 is 0.771 bits per heavy atom. The Morgan fingerprint density at radius 3 is 1.97 bits per heavy atom. The summed E-state index contributed by atoms with van der Waals surface area (Å²) >= 11 is 0. The molecule has 0 aliphatic heterocycles. The molecule has 8 unspecified atom stereocenters. The van der Waals surface area contributed by atoms with Gasteiger partial charge in [0.2, 0.25) is 0 Å². The second kappa shape index (κ2) is 14.8. The highest BCUT2D eigenvalue weighted by Gasteiger charge is 2.59. The van der Waals surface area contributed by atoms with Crippen LogP contribution in [-0.2, 0) is 4.74 Å². The molecule has 4 rings (SSSR count). The molecule has 4 aliphatic rings. The van der Waals surface area contributed by atoms with Crippen LogP contribution in [0.1, 0.15) is 153 Å². The van der Waals surface area contributed by atoms with Gasteiger partial charge in [-0.15, -0.1) is 0 Å². The van der Waals surface area contributed by atoms with Gasteiger partial charge in [0.1, 0.15) is 0 Å². The van der Waals surface area contributed by atoms with Crippen LogP contribution in [0, 0.1) is 40.4 Å². The molecule has 210 valence electrons. The fraction of sp³-hybridized carbons (Fsp3) is 1.00. The van der Waals surface area contributed by atoms with E-state index in [9.17, 15) is 5.11 Å². The minimum absolute atomic E-state index is 0.490. The lowest BCUT2D eigenvalue weighted by Gasteiger charge is -2.61. The number of hydrogen-bond donors (Lipinski definition) is 1. The maximum absolute atomic E-state index is 10.0. The molecule has 4 aliphatic carbocycles. The molecule has 0 radical (unpaired) electrons. The van der Waals surface area contributed by atoms with Gasteiger partial charge in [0.25, 0.3) is 0 Å². The van der Waals surface area contributed by atoms with Gasteiger partial charge >= 0.3 is 0 Å². The molecule has 2 nitrogen and oxygen atoms in total. The largest absolute Gasteiger partial charge is 0.390 e. The molecule has 0 amide bonds. The lowest BCUT2D eigenvalue weighted by atomic mass is 9.44. The predicted molar refractivity (Wildman–Crippen MR) is 155 cm³/mol. The number of fused-ring (bicyclic) bond motifs is 5. The van der Waals surface area contributed by atoms with E-state index in [1.807, 2.05) is 62.5 Å². The van der Waals surface area contributed by atoms with E-state index in [2.05, 4.69) is 13.8 Å². The van der Waals surface area contributed by atoms with Crippen molar-refractivity contribution in [1.82, 2.24) is 0 Å². The van der Waals surface area contributed by atoms with E-state index >= 15 is 0 Å². The van der Waals surface area contributed by atoms with E-state index in [1.54, 1.807) is 0 Å². The van der Waals surface area contributed by atoms with Crippen LogP contribution >= 0.6 is 0 Å². The minimum atomic E-state index is -0.490. The van der Waals surface area contributed by atoms with Crippen LogP contribution in [0.25, 0.3) is 0 Å². The van der Waals surface area contributed by atoms with Gasteiger partial charge in [0.05, 0.1) is 11.7 Å². The van der Waals surface area contributed by atoms with Gasteiger partial charge in [-0.05, 0) is 125 Å². The zero-order chi connectivity index (χ0) is 26.9. The maximum atomic E-state index is 10.0. The molecule has 0 heterocycles. The molecule has 0 aromatic carbocycles. The summed E-state index contributed by atoms with van der Waals surface area (Å²) in [6, 6.07) is 0. The Morgan fingerprint density at radius 2 is 1.37 bits per heavy atom. The number of rotatable bonds is 6. The molecular formula is C33H66O2. The van der Waals surface area contributed by atoms with Crippen molar-refractivity contribution in [2.75, 3.05) is 7.11 Å². The van der Waals surface area contributed by atoms with Crippen LogP contribution in [0.4, 0.5) is 0 Å². The van der Waals surface area contributed by atoms with Crippen LogP contribution in [0.15, 0.2) is 0 Å². The molecule has 8 atom stereocenters. The van der Waals surface area contributed by atoms with Crippen molar-refractivity contribution in [3.63, 3.8) is 0 Å². The quantitative estimate of drug-likeness (QED) is 0.372. The molecular weight excluding hydrogens is 428 g/mol. The van der Waals surface area contributed by atoms with E-state index < -0.39 is 5.60 Å². The first-order valence-corrected chi connectivity index (χ1v) is 15.9. The highest BCUT2D eigenvalue weighted by atomic mass is 16.5. The molecule has 0 saturated heterocycles. The highest BCUT2D eigenvalue weighted by molar-refractivity contribution is 5.09. The molecule has 4 saturated carbocycles. The van der Waals surface area contributed by atoms with Crippen LogP contribution in [0.3, 0.4) is 0 Å². The van der Waals surface area contributed by atoms with Gasteiger partial charge < -0.3 is 9.84 Å². The first-order chi connectivity index (χ1) is 16.7. The summed E-state index contributed by atoms with van der Waals surface area (Å²) in [7, 11) is 1.92. The van der Waals surface area contributed by atoms with Gasteiger partial charge in [-0.25, -0.2) is 0 Å². The third kappa shape index (κ3) is 7.49. The van der Waals surface area contributed by atoms with Crippen molar-refractivity contribution in [1.29, 1.82) is 0 Å². The number of aliphatic hydroxyl groups is 1. The molecule has 0 spiro atoms. The highest BCUT2D eigenvalue weighted by Crippen LogP contribution is 2.68. The molecule has 4 fully saturated rings. The summed E-state index contributed by atoms with van der Waals surface area (Å²) in [5.74, 6) is 4.80. The molecule has 1 N–H and O–H groups in total. The minimum Gasteiger partial charge on any atom is -0.390 e. The SMILES string of the molecule is CC.CC.CC.COC1CCC2(C)C(CCC3C4CCC(CCCCC(C)(C)O)C4(C)CCC32)C1. The predicted octanol–water partition coefficient (Wildman–Crippen LogP) is 10.1. The molecule has 0 bridgehead atoms. The molecule has 2 heteroatoms. The van der Waals surface area contributed by atoms with E-state index in [1.165, 1.54) is 77.0 Å². The maximum Gasteiger partial charge on any atom is 0.0591 e. The van der Waals surface area contributed by atoms with Crippen molar-refractivity contribution in [3.05, 3.63) is 0 Å². The number of ether oxygens (including phenoxy) is 1. The Bertz CT molecular complexity index is 566. The second-order valence-electron chi connectivity index (χ2n) is 12.7. The Balaban J connectivity index is 0.000000949. The lowest BCUT2D eigenvalue weighted by Crippen LogP contribution is -2.54. The Labute approximate surface area is 221 Å². The van der Waals surface area contributed by atoms with Gasteiger partial charge in [0, 0.05) is 7.11 Å². The van der Waals surface area contributed by atoms with Crippen LogP contribution < -0.4 is 0 Å². The average Bonchev–Trinajstić information content (AvgIpc) is 3.20. The molecule has 35 heavy (non-hydrogen) atoms. The summed E-state index contributed by atoms with van der Waals surface area (Å²) in [4.78, 5) is 0. The van der Waals surface area contributed by atoms with Crippen LogP contribution in [0.2, 0.25) is 0 Å². The topological polar surface area (TPSA) is 29.5 Å². The van der Waals surface area contributed by atoms with E-state index in [0.29, 0.717) is 16.9 Å². The fourth-order valence-electron chi connectivity index (χ4n) is 8.96. The van der Waals surface area contributed by atoms with Gasteiger partial charge in [0.15, 0.2) is 0 Å². The van der Waals surface area contributed by atoms with E-state index in [-0.39, 0.29) is 0 Å². The van der Waals surface area contributed by atoms with Crippen molar-refractivity contribution in [2.45, 2.75) is 164 Å². The summed E-state index contributed by atoms with van der Waals surface area (Å²) < 4.78 is 5.77. The third-order valence-electron chi connectivity index (χ3n) is 10.7. The first kappa shape index (κ1) is 32.9. The zero-order valence-electron chi connectivity index (χ0n) is 26.0. The van der Waals surface area contributed by atoms with Gasteiger partial charge in [-0.1, -0.05) is 68.2 Å². The van der Waals surface area contributed by atoms with Crippen molar-refractivity contribution < 1.29 is 9.84 Å². The second-order valence-corrected chi connectivity index (χ2v) is 12.7. The van der Waals surface area contributed by atoms with Crippen molar-refractivity contribution >= 4 is 0 Å². The van der Waals surface area contributed by atoms with Crippen LogP contribution in [-0.4, -0.2) is 23.9 Å². The molecule has 0 aromatic rings. The molecule has 0 aromatic heterocycles. The van der Waals surface area contributed by atoms with Crippen molar-refractivity contribution in [2.24, 2.45) is 40.4 Å². The monoisotopic (exact) mass is 495 g/mol. The third-order valence-corrected chi connectivity index (χ3v) is 10.7. The average molecular weight is 495 g/mol. The Kier molecular flexibility index (Phi) is 13.9. The van der Waals surface area contributed by atoms with E-state index in [0.717, 1.165) is 36.0 Å². The zero-order valence-corrected chi connectivity index (χ0v) is 26.0. The van der Waals surface area contributed by atoms with E-state index in [4.69, 9.17) is 4.74 Å². The van der Waals surface area contributed by atoms with Gasteiger partial charge in [-0.3, -0.25) is 0 Å². The number of unbranched alkanes of at least 4 members (excludes halogenated alkanes) is 1. The fourth-order valence-corrected chi connectivity index (χ4v) is 8.96. The summed E-state index contributed by atoms with van der Waals surface area (Å²) in [6.07, 6.45) is 18.3. The number of hydrogen-bond acceptors (Lipinski definition) is 2. The number of methoxy groups -OCH3 is 1. The Hall–Kier alpha value is -0.0800. The smallest absolute Gasteiger partial charge is 0.0591 e. The first-order valence-electron chi connectivity index (χ1n) is 15.9.